The van der Waals surface area contributed by atoms with E-state index in [0.29, 0.717) is 11.5 Å². The van der Waals surface area contributed by atoms with Crippen molar-refractivity contribution in [1.29, 1.82) is 0 Å². The number of carbonyl (C=O) groups excluding carboxylic acids is 1. The number of carbonyl (C=O) groups is 1. The van der Waals surface area contributed by atoms with E-state index in [-0.39, 0.29) is 5.91 Å². The number of piperidine rings is 1. The van der Waals surface area contributed by atoms with Gasteiger partial charge in [-0.15, -0.1) is 10.2 Å². The topological polar surface area (TPSA) is 58.1 Å². The fraction of sp³-hybridized carbons (Fsp3) is 0.353. The summed E-state index contributed by atoms with van der Waals surface area (Å²) >= 11 is 0. The van der Waals surface area contributed by atoms with E-state index in [1.54, 1.807) is 12.1 Å². The van der Waals surface area contributed by atoms with E-state index in [1.807, 2.05) is 36.1 Å². The molecule has 1 amide bonds. The molecular formula is C17H20N4O. The summed E-state index contributed by atoms with van der Waals surface area (Å²) in [6, 6.07) is 11.6. The van der Waals surface area contributed by atoms with Crippen LogP contribution >= 0.6 is 0 Å². The minimum atomic E-state index is -0.0192. The highest BCUT2D eigenvalue weighted by Gasteiger charge is 2.19. The van der Waals surface area contributed by atoms with Crippen LogP contribution in [0.15, 0.2) is 36.4 Å². The minimum absolute atomic E-state index is 0.0192. The van der Waals surface area contributed by atoms with Crippen molar-refractivity contribution in [1.82, 2.24) is 15.1 Å². The van der Waals surface area contributed by atoms with Crippen molar-refractivity contribution in [2.75, 3.05) is 18.4 Å². The van der Waals surface area contributed by atoms with Gasteiger partial charge in [-0.2, -0.15) is 0 Å². The van der Waals surface area contributed by atoms with E-state index in [4.69, 9.17) is 0 Å². The number of aryl methyl sites for hydroxylation is 1. The number of nitrogens with zero attached hydrogens (tertiary/aromatic N) is 3. The molecule has 2 heterocycles. The Hall–Kier alpha value is -2.43. The van der Waals surface area contributed by atoms with Gasteiger partial charge in [0, 0.05) is 18.8 Å². The standard InChI is InChI=1S/C17H20N4O/c1-13-6-5-7-14(12-13)18-16-9-8-15(19-20-16)17(22)21-10-3-2-4-11-21/h5-9,12H,2-4,10-11H2,1H3,(H,18,20). The first kappa shape index (κ1) is 14.5. The molecule has 0 radical (unpaired) electrons. The Morgan fingerprint density at radius 3 is 2.59 bits per heavy atom. The minimum Gasteiger partial charge on any atom is -0.339 e. The molecule has 1 fully saturated rings. The van der Waals surface area contributed by atoms with Crippen LogP contribution in [0.3, 0.4) is 0 Å². The van der Waals surface area contributed by atoms with Gasteiger partial charge in [0.15, 0.2) is 11.5 Å². The average Bonchev–Trinajstić information content (AvgIpc) is 2.56. The first-order valence-corrected chi connectivity index (χ1v) is 7.69. The molecule has 0 unspecified atom stereocenters. The summed E-state index contributed by atoms with van der Waals surface area (Å²) in [6.07, 6.45) is 3.35. The molecule has 0 saturated carbocycles. The third-order valence-electron chi connectivity index (χ3n) is 3.82. The van der Waals surface area contributed by atoms with Gasteiger partial charge in [0.05, 0.1) is 0 Å². The van der Waals surface area contributed by atoms with Crippen LogP contribution in [-0.4, -0.2) is 34.1 Å². The molecule has 0 spiro atoms. The molecular weight excluding hydrogens is 276 g/mol. The number of rotatable bonds is 3. The van der Waals surface area contributed by atoms with Crippen LogP contribution in [0.1, 0.15) is 35.3 Å². The summed E-state index contributed by atoms with van der Waals surface area (Å²) in [5.74, 6) is 0.620. The zero-order valence-corrected chi connectivity index (χ0v) is 12.7. The highest BCUT2D eigenvalue weighted by atomic mass is 16.2. The van der Waals surface area contributed by atoms with Crippen LogP contribution in [0.5, 0.6) is 0 Å². The molecule has 1 saturated heterocycles. The third-order valence-corrected chi connectivity index (χ3v) is 3.82. The lowest BCUT2D eigenvalue weighted by atomic mass is 10.1. The Bertz CT molecular complexity index is 648. The molecule has 1 N–H and O–H groups in total. The second-order valence-corrected chi connectivity index (χ2v) is 5.65. The van der Waals surface area contributed by atoms with Crippen LogP contribution in [-0.2, 0) is 0 Å². The number of nitrogens with one attached hydrogen (secondary N) is 1. The largest absolute Gasteiger partial charge is 0.339 e. The molecule has 5 heteroatoms. The maximum Gasteiger partial charge on any atom is 0.274 e. The van der Waals surface area contributed by atoms with E-state index >= 15 is 0 Å². The molecule has 22 heavy (non-hydrogen) atoms. The summed E-state index contributed by atoms with van der Waals surface area (Å²) < 4.78 is 0. The molecule has 1 aromatic carbocycles. The van der Waals surface area contributed by atoms with Gasteiger partial charge in [-0.25, -0.2) is 0 Å². The zero-order chi connectivity index (χ0) is 15.4. The quantitative estimate of drug-likeness (QED) is 0.945. The third kappa shape index (κ3) is 3.42. The van der Waals surface area contributed by atoms with Crippen LogP contribution in [0.2, 0.25) is 0 Å². The fourth-order valence-corrected chi connectivity index (χ4v) is 2.64. The van der Waals surface area contributed by atoms with Crippen molar-refractivity contribution in [2.24, 2.45) is 0 Å². The number of aromatic nitrogens is 2. The Balaban J connectivity index is 1.68. The van der Waals surface area contributed by atoms with Crippen molar-refractivity contribution < 1.29 is 4.79 Å². The molecule has 1 aromatic heterocycles. The number of hydrogen-bond acceptors (Lipinski definition) is 4. The molecule has 0 bridgehead atoms. The number of benzene rings is 1. The van der Waals surface area contributed by atoms with Gasteiger partial charge in [-0.3, -0.25) is 4.79 Å². The molecule has 0 aliphatic carbocycles. The van der Waals surface area contributed by atoms with Gasteiger partial charge >= 0.3 is 0 Å². The number of likely N-dealkylation sites (tertiary alicyclic amines) is 1. The van der Waals surface area contributed by atoms with Crippen molar-refractivity contribution in [3.05, 3.63) is 47.7 Å². The first-order valence-electron chi connectivity index (χ1n) is 7.69. The first-order chi connectivity index (χ1) is 10.7. The molecule has 1 aliphatic heterocycles. The van der Waals surface area contributed by atoms with Gasteiger partial charge in [0.25, 0.3) is 5.91 Å². The Labute approximate surface area is 130 Å². The van der Waals surface area contributed by atoms with Crippen molar-refractivity contribution in [3.63, 3.8) is 0 Å². The molecule has 114 valence electrons. The molecule has 3 rings (SSSR count). The predicted molar refractivity (Wildman–Crippen MR) is 86.2 cm³/mol. The van der Waals surface area contributed by atoms with E-state index in [0.717, 1.165) is 31.6 Å². The lowest BCUT2D eigenvalue weighted by molar-refractivity contribution is 0.0717. The van der Waals surface area contributed by atoms with E-state index in [2.05, 4.69) is 15.5 Å². The predicted octanol–water partition coefficient (Wildman–Crippen LogP) is 3.15. The maximum atomic E-state index is 12.3. The molecule has 0 atom stereocenters. The number of hydrogen-bond donors (Lipinski definition) is 1. The second-order valence-electron chi connectivity index (χ2n) is 5.65. The molecule has 2 aromatic rings. The lowest BCUT2D eigenvalue weighted by Crippen LogP contribution is -2.36. The van der Waals surface area contributed by atoms with E-state index in [9.17, 15) is 4.79 Å². The zero-order valence-electron chi connectivity index (χ0n) is 12.7. The summed E-state index contributed by atoms with van der Waals surface area (Å²) in [6.45, 7) is 3.69. The number of anilines is 2. The summed E-state index contributed by atoms with van der Waals surface area (Å²) in [5, 5.41) is 11.4. The second kappa shape index (κ2) is 6.56. The van der Waals surface area contributed by atoms with Gasteiger partial charge in [-0.1, -0.05) is 12.1 Å². The van der Waals surface area contributed by atoms with Gasteiger partial charge in [-0.05, 0) is 56.0 Å². The van der Waals surface area contributed by atoms with Crippen molar-refractivity contribution in [2.45, 2.75) is 26.2 Å². The Morgan fingerprint density at radius 2 is 1.91 bits per heavy atom. The highest BCUT2D eigenvalue weighted by molar-refractivity contribution is 5.92. The van der Waals surface area contributed by atoms with Gasteiger partial charge in [0.2, 0.25) is 0 Å². The van der Waals surface area contributed by atoms with Crippen LogP contribution in [0.25, 0.3) is 0 Å². The Kier molecular flexibility index (Phi) is 4.32. The van der Waals surface area contributed by atoms with E-state index in [1.165, 1.54) is 12.0 Å². The van der Waals surface area contributed by atoms with Crippen LogP contribution in [0, 0.1) is 6.92 Å². The highest BCUT2D eigenvalue weighted by Crippen LogP contribution is 2.16. The fourth-order valence-electron chi connectivity index (χ4n) is 2.64. The van der Waals surface area contributed by atoms with Crippen molar-refractivity contribution >= 4 is 17.4 Å². The van der Waals surface area contributed by atoms with Crippen molar-refractivity contribution in [3.8, 4) is 0 Å². The average molecular weight is 296 g/mol. The van der Waals surface area contributed by atoms with Gasteiger partial charge in [0.1, 0.15) is 0 Å². The number of amides is 1. The van der Waals surface area contributed by atoms with Crippen LogP contribution < -0.4 is 5.32 Å². The smallest absolute Gasteiger partial charge is 0.274 e. The normalized spacial score (nSPS) is 14.7. The maximum absolute atomic E-state index is 12.3. The SMILES string of the molecule is Cc1cccc(Nc2ccc(C(=O)N3CCCCC3)nn2)c1. The molecule has 5 nitrogen and oxygen atoms in total. The van der Waals surface area contributed by atoms with E-state index < -0.39 is 0 Å². The summed E-state index contributed by atoms with van der Waals surface area (Å²) in [4.78, 5) is 14.2. The monoisotopic (exact) mass is 296 g/mol. The Morgan fingerprint density at radius 1 is 1.09 bits per heavy atom. The summed E-state index contributed by atoms with van der Waals surface area (Å²) in [5.41, 5.74) is 2.55. The van der Waals surface area contributed by atoms with Crippen LogP contribution in [0.4, 0.5) is 11.5 Å². The molecule has 1 aliphatic rings. The van der Waals surface area contributed by atoms with Gasteiger partial charge < -0.3 is 10.2 Å². The lowest BCUT2D eigenvalue weighted by Gasteiger charge is -2.26. The summed E-state index contributed by atoms with van der Waals surface area (Å²) in [7, 11) is 0.